The van der Waals surface area contributed by atoms with Crippen LogP contribution in [0.3, 0.4) is 0 Å². The van der Waals surface area contributed by atoms with Crippen molar-refractivity contribution >= 4 is 23.1 Å². The largest absolute Gasteiger partial charge is 0.497 e. The molecule has 0 unspecified atom stereocenters. The number of nitrogens with two attached hydrogens (primary N) is 1. The number of imidazole rings is 1. The third kappa shape index (κ3) is 3.98. The molecule has 0 aliphatic carbocycles. The number of nitrogen functional groups attached to an aromatic ring is 1. The Balaban J connectivity index is 1.37. The lowest BCUT2D eigenvalue weighted by Crippen LogP contribution is -2.28. The zero-order valence-corrected chi connectivity index (χ0v) is 16.1. The number of aromatic nitrogens is 4. The number of anilines is 1. The number of benzene rings is 1. The molecule has 0 amide bonds. The van der Waals surface area contributed by atoms with Crippen LogP contribution >= 0.6 is 0 Å². The Morgan fingerprint density at radius 2 is 2.17 bits per heavy atom. The first-order chi connectivity index (χ1) is 14.4. The minimum atomic E-state index is -0.861. The predicted molar refractivity (Wildman–Crippen MR) is 105 cm³/mol. The van der Waals surface area contributed by atoms with Crippen molar-refractivity contribution in [1.82, 2.24) is 19.5 Å². The number of rotatable bonds is 6. The topological polar surface area (TPSA) is 155 Å². The molecule has 158 valence electrons. The molecule has 2 aromatic heterocycles. The van der Waals surface area contributed by atoms with Crippen LogP contribution in [-0.2, 0) is 20.7 Å². The highest BCUT2D eigenvalue weighted by molar-refractivity contribution is 5.72. The molecule has 3 atom stereocenters. The quantitative estimate of drug-likeness (QED) is 0.477. The number of hydrogen-bond donors (Lipinski definition) is 3. The van der Waals surface area contributed by atoms with Crippen LogP contribution in [-0.4, -0.2) is 56.5 Å². The summed E-state index contributed by atoms with van der Waals surface area (Å²) in [5.74, 6) is 0.219. The first kappa shape index (κ1) is 19.9. The second kappa shape index (κ2) is 8.13. The molecule has 1 aliphatic rings. The van der Waals surface area contributed by atoms with Crippen LogP contribution in [0.1, 0.15) is 18.2 Å². The second-order valence-electron chi connectivity index (χ2n) is 6.92. The Morgan fingerprint density at radius 1 is 1.40 bits per heavy atom. The van der Waals surface area contributed by atoms with Crippen molar-refractivity contribution in [2.45, 2.75) is 31.3 Å². The number of carbonyl (C=O) groups excluding carboxylic acids is 1. The summed E-state index contributed by atoms with van der Waals surface area (Å²) in [6.45, 7) is -0.102. The number of aliphatic hydroxyl groups is 1. The summed E-state index contributed by atoms with van der Waals surface area (Å²) in [4.78, 5) is 34.5. The molecular formula is C19H21N5O6. The Bertz CT molecular complexity index is 1110. The lowest BCUT2D eigenvalue weighted by atomic mass is 10.1. The predicted octanol–water partition coefficient (Wildman–Crippen LogP) is 0.145. The number of esters is 1. The van der Waals surface area contributed by atoms with E-state index in [1.54, 1.807) is 31.4 Å². The minimum Gasteiger partial charge on any atom is -0.497 e. The van der Waals surface area contributed by atoms with E-state index in [1.807, 2.05) is 0 Å². The van der Waals surface area contributed by atoms with Gasteiger partial charge in [-0.2, -0.15) is 4.98 Å². The Kier molecular flexibility index (Phi) is 5.38. The number of ether oxygens (including phenoxy) is 3. The molecule has 11 nitrogen and oxygen atoms in total. The van der Waals surface area contributed by atoms with E-state index in [4.69, 9.17) is 19.9 Å². The van der Waals surface area contributed by atoms with Crippen LogP contribution in [0, 0.1) is 0 Å². The molecule has 3 aromatic rings. The molecule has 4 N–H and O–H groups in total. The molecule has 0 bridgehead atoms. The zero-order chi connectivity index (χ0) is 21.3. The monoisotopic (exact) mass is 415 g/mol. The van der Waals surface area contributed by atoms with Gasteiger partial charge in [-0.3, -0.25) is 19.1 Å². The number of fused-ring (bicyclic) bond motifs is 1. The van der Waals surface area contributed by atoms with Gasteiger partial charge in [-0.15, -0.1) is 0 Å². The molecule has 1 saturated heterocycles. The number of aliphatic hydroxyl groups excluding tert-OH is 1. The molecule has 11 heteroatoms. The molecule has 4 rings (SSSR count). The molecule has 1 aromatic carbocycles. The fourth-order valence-corrected chi connectivity index (χ4v) is 3.33. The van der Waals surface area contributed by atoms with Crippen molar-refractivity contribution in [2.75, 3.05) is 19.5 Å². The third-order valence-electron chi connectivity index (χ3n) is 4.88. The normalized spacial score (nSPS) is 21.1. The molecule has 1 fully saturated rings. The van der Waals surface area contributed by atoms with E-state index in [1.165, 1.54) is 10.9 Å². The van der Waals surface area contributed by atoms with Crippen molar-refractivity contribution in [2.24, 2.45) is 0 Å². The van der Waals surface area contributed by atoms with E-state index < -0.39 is 30.0 Å². The van der Waals surface area contributed by atoms with Gasteiger partial charge in [0.1, 0.15) is 24.7 Å². The summed E-state index contributed by atoms with van der Waals surface area (Å²) < 4.78 is 17.7. The van der Waals surface area contributed by atoms with E-state index in [-0.39, 0.29) is 36.6 Å². The second-order valence-corrected chi connectivity index (χ2v) is 6.92. The molecule has 3 heterocycles. The van der Waals surface area contributed by atoms with Crippen LogP contribution in [0.2, 0.25) is 0 Å². The number of hydrogen-bond acceptors (Lipinski definition) is 9. The number of nitrogens with one attached hydrogen (secondary N) is 1. The maximum atomic E-state index is 12.1. The van der Waals surface area contributed by atoms with E-state index in [2.05, 4.69) is 15.0 Å². The highest BCUT2D eigenvalue weighted by Gasteiger charge is 2.36. The number of carbonyl (C=O) groups is 1. The van der Waals surface area contributed by atoms with E-state index in [9.17, 15) is 14.7 Å². The van der Waals surface area contributed by atoms with Crippen molar-refractivity contribution in [3.63, 3.8) is 0 Å². The van der Waals surface area contributed by atoms with Gasteiger partial charge in [0.05, 0.1) is 26.0 Å². The van der Waals surface area contributed by atoms with Crippen molar-refractivity contribution in [3.05, 3.63) is 46.5 Å². The highest BCUT2D eigenvalue weighted by Crippen LogP contribution is 2.30. The summed E-state index contributed by atoms with van der Waals surface area (Å²) in [5.41, 5.74) is 6.30. The summed E-state index contributed by atoms with van der Waals surface area (Å²) in [6, 6.07) is 7.08. The van der Waals surface area contributed by atoms with Gasteiger partial charge in [0.2, 0.25) is 5.95 Å². The van der Waals surface area contributed by atoms with E-state index in [0.717, 1.165) is 5.56 Å². The van der Waals surface area contributed by atoms with Gasteiger partial charge in [0, 0.05) is 6.42 Å². The van der Waals surface area contributed by atoms with Crippen molar-refractivity contribution < 1.29 is 24.1 Å². The fourth-order valence-electron chi connectivity index (χ4n) is 3.33. The average Bonchev–Trinajstić information content (AvgIpc) is 3.30. The van der Waals surface area contributed by atoms with Crippen LogP contribution in [0.25, 0.3) is 11.2 Å². The minimum absolute atomic E-state index is 0.0446. The Morgan fingerprint density at radius 3 is 2.90 bits per heavy atom. The van der Waals surface area contributed by atoms with E-state index in [0.29, 0.717) is 5.75 Å². The standard InChI is InChI=1S/C19H21N5O6/c1-28-11-4-2-10(3-5-11)6-15(26)29-8-13-12(25)7-14(30-13)24-9-21-16-17(24)22-19(20)23-18(16)27/h2-5,9,12-14,25H,6-8H2,1H3,(H3,20,22,23,27)/t12-,13+,14+/m0/s1. The lowest BCUT2D eigenvalue weighted by Gasteiger charge is -2.16. The third-order valence-corrected chi connectivity index (χ3v) is 4.88. The molecule has 1 aliphatic heterocycles. The van der Waals surface area contributed by atoms with Gasteiger partial charge in [0.15, 0.2) is 11.2 Å². The van der Waals surface area contributed by atoms with Crippen LogP contribution in [0.4, 0.5) is 5.95 Å². The maximum absolute atomic E-state index is 12.1. The molecule has 0 spiro atoms. The van der Waals surface area contributed by atoms with Gasteiger partial charge < -0.3 is 25.1 Å². The number of methoxy groups -OCH3 is 1. The SMILES string of the molecule is COc1ccc(CC(=O)OC[C@H]2O[C@@H](n3cnc4c(=O)[nH]c(N)nc43)C[C@@H]2O)cc1. The first-order valence-corrected chi connectivity index (χ1v) is 9.29. The Hall–Kier alpha value is -3.44. The van der Waals surface area contributed by atoms with Crippen molar-refractivity contribution in [3.8, 4) is 5.75 Å². The highest BCUT2D eigenvalue weighted by atomic mass is 16.6. The van der Waals surface area contributed by atoms with Gasteiger partial charge in [0.25, 0.3) is 5.56 Å². The first-order valence-electron chi connectivity index (χ1n) is 9.29. The number of nitrogens with zero attached hydrogens (tertiary/aromatic N) is 3. The fraction of sp³-hybridized carbons (Fsp3) is 0.368. The van der Waals surface area contributed by atoms with Crippen LogP contribution in [0.5, 0.6) is 5.75 Å². The molecular weight excluding hydrogens is 394 g/mol. The number of aromatic amines is 1. The molecule has 0 saturated carbocycles. The smallest absolute Gasteiger partial charge is 0.310 e. The summed E-state index contributed by atoms with van der Waals surface area (Å²) in [5, 5.41) is 10.3. The molecule has 0 radical (unpaired) electrons. The van der Waals surface area contributed by atoms with Crippen LogP contribution < -0.4 is 16.0 Å². The maximum Gasteiger partial charge on any atom is 0.310 e. The van der Waals surface area contributed by atoms with Crippen molar-refractivity contribution in [1.29, 1.82) is 0 Å². The summed E-state index contributed by atoms with van der Waals surface area (Å²) in [6.07, 6.45) is -0.479. The molecule has 30 heavy (non-hydrogen) atoms. The summed E-state index contributed by atoms with van der Waals surface area (Å²) >= 11 is 0. The van der Waals surface area contributed by atoms with Gasteiger partial charge in [-0.1, -0.05) is 12.1 Å². The van der Waals surface area contributed by atoms with Crippen LogP contribution in [0.15, 0.2) is 35.4 Å². The van der Waals surface area contributed by atoms with Gasteiger partial charge >= 0.3 is 5.97 Å². The zero-order valence-electron chi connectivity index (χ0n) is 16.1. The summed E-state index contributed by atoms with van der Waals surface area (Å²) in [7, 11) is 1.57. The number of H-pyrrole nitrogens is 1. The lowest BCUT2D eigenvalue weighted by molar-refractivity contribution is -0.149. The van der Waals surface area contributed by atoms with Gasteiger partial charge in [-0.25, -0.2) is 4.98 Å². The Labute approximate surface area is 170 Å². The van der Waals surface area contributed by atoms with Gasteiger partial charge in [-0.05, 0) is 17.7 Å². The average molecular weight is 415 g/mol. The van der Waals surface area contributed by atoms with E-state index >= 15 is 0 Å².